The number of hydrogen-bond donors (Lipinski definition) is 2. The molecule has 0 aromatic rings. The van der Waals surface area contributed by atoms with Crippen molar-refractivity contribution in [3.05, 3.63) is 0 Å². The molecule has 0 bridgehead atoms. The standard InChI is InChI=1S/C19H39N5/c1-4-20-19(21-11-5-6-12-23-13-7-8-14-23)22-18-9-15-24(16-10-18)17(2)3/h17-18H,4-16H2,1-3H3,(H2,20,21,22). The van der Waals surface area contributed by atoms with Crippen LogP contribution in [0.4, 0.5) is 0 Å². The van der Waals surface area contributed by atoms with Gasteiger partial charge in [0.05, 0.1) is 0 Å². The Hall–Kier alpha value is -0.810. The molecule has 2 saturated heterocycles. The van der Waals surface area contributed by atoms with Crippen LogP contribution in [0.25, 0.3) is 0 Å². The quantitative estimate of drug-likeness (QED) is 0.405. The van der Waals surface area contributed by atoms with Crippen LogP contribution in [0.2, 0.25) is 0 Å². The Morgan fingerprint density at radius 3 is 2.42 bits per heavy atom. The highest BCUT2D eigenvalue weighted by molar-refractivity contribution is 5.80. The van der Waals surface area contributed by atoms with E-state index in [0.717, 1.165) is 19.0 Å². The molecule has 0 spiro atoms. The van der Waals surface area contributed by atoms with E-state index in [0.29, 0.717) is 12.1 Å². The minimum absolute atomic E-state index is 0.572. The van der Waals surface area contributed by atoms with Crippen LogP contribution in [0.3, 0.4) is 0 Å². The summed E-state index contributed by atoms with van der Waals surface area (Å²) in [7, 11) is 0. The largest absolute Gasteiger partial charge is 0.357 e. The highest BCUT2D eigenvalue weighted by Gasteiger charge is 2.21. The second kappa shape index (κ2) is 10.9. The van der Waals surface area contributed by atoms with Gasteiger partial charge in [-0.15, -0.1) is 0 Å². The maximum absolute atomic E-state index is 4.79. The van der Waals surface area contributed by atoms with Crippen molar-refractivity contribution in [2.75, 3.05) is 45.8 Å². The van der Waals surface area contributed by atoms with Crippen molar-refractivity contribution in [1.82, 2.24) is 20.4 Å². The normalized spacial score (nSPS) is 21.6. The number of hydrogen-bond acceptors (Lipinski definition) is 3. The SMILES string of the molecule is CCNC(=NCCCCN1CCCC1)NC1CCN(C(C)C)CC1. The zero-order chi connectivity index (χ0) is 17.2. The smallest absolute Gasteiger partial charge is 0.191 e. The van der Waals surface area contributed by atoms with E-state index in [-0.39, 0.29) is 0 Å². The van der Waals surface area contributed by atoms with Crippen LogP contribution in [-0.2, 0) is 0 Å². The number of guanidine groups is 1. The van der Waals surface area contributed by atoms with Gasteiger partial charge in [-0.25, -0.2) is 0 Å². The molecule has 5 heteroatoms. The van der Waals surface area contributed by atoms with Crippen LogP contribution in [0.1, 0.15) is 59.3 Å². The van der Waals surface area contributed by atoms with Gasteiger partial charge in [0.1, 0.15) is 0 Å². The molecular formula is C19H39N5. The van der Waals surface area contributed by atoms with Crippen LogP contribution in [0, 0.1) is 0 Å². The van der Waals surface area contributed by atoms with Crippen molar-refractivity contribution < 1.29 is 0 Å². The van der Waals surface area contributed by atoms with Crippen molar-refractivity contribution in [3.63, 3.8) is 0 Å². The molecule has 0 atom stereocenters. The molecule has 0 amide bonds. The Morgan fingerprint density at radius 1 is 1.08 bits per heavy atom. The molecule has 2 aliphatic rings. The third-order valence-corrected chi connectivity index (χ3v) is 5.30. The average Bonchev–Trinajstić information content (AvgIpc) is 3.08. The molecule has 24 heavy (non-hydrogen) atoms. The lowest BCUT2D eigenvalue weighted by atomic mass is 10.0. The molecule has 140 valence electrons. The van der Waals surface area contributed by atoms with E-state index >= 15 is 0 Å². The van der Waals surface area contributed by atoms with Crippen molar-refractivity contribution in [2.24, 2.45) is 4.99 Å². The molecule has 0 saturated carbocycles. The molecule has 0 aromatic carbocycles. The van der Waals surface area contributed by atoms with Gasteiger partial charge in [-0.3, -0.25) is 4.99 Å². The molecule has 0 radical (unpaired) electrons. The number of aliphatic imine (C=N–C) groups is 1. The predicted molar refractivity (Wildman–Crippen MR) is 104 cm³/mol. The van der Waals surface area contributed by atoms with Crippen molar-refractivity contribution >= 4 is 5.96 Å². The monoisotopic (exact) mass is 337 g/mol. The molecule has 2 rings (SSSR count). The Bertz CT molecular complexity index is 355. The molecular weight excluding hydrogens is 298 g/mol. The summed E-state index contributed by atoms with van der Waals surface area (Å²) in [5.41, 5.74) is 0. The van der Waals surface area contributed by atoms with E-state index in [1.807, 2.05) is 0 Å². The maximum atomic E-state index is 4.79. The molecule has 2 heterocycles. The van der Waals surface area contributed by atoms with Crippen LogP contribution in [-0.4, -0.2) is 73.7 Å². The Kier molecular flexibility index (Phi) is 8.89. The van der Waals surface area contributed by atoms with Crippen LogP contribution in [0.15, 0.2) is 4.99 Å². The van der Waals surface area contributed by atoms with Gasteiger partial charge in [0.2, 0.25) is 0 Å². The molecule has 0 aromatic heterocycles. The highest BCUT2D eigenvalue weighted by Crippen LogP contribution is 2.13. The van der Waals surface area contributed by atoms with E-state index in [1.165, 1.54) is 71.2 Å². The van der Waals surface area contributed by atoms with Gasteiger partial charge in [-0.05, 0) is 78.9 Å². The summed E-state index contributed by atoms with van der Waals surface area (Å²) in [6.07, 6.45) is 7.69. The van der Waals surface area contributed by atoms with Gasteiger partial charge in [0.25, 0.3) is 0 Å². The first-order valence-corrected chi connectivity index (χ1v) is 10.2. The number of nitrogens with zero attached hydrogens (tertiary/aromatic N) is 3. The molecule has 2 fully saturated rings. The van der Waals surface area contributed by atoms with Crippen molar-refractivity contribution in [3.8, 4) is 0 Å². The van der Waals surface area contributed by atoms with Gasteiger partial charge >= 0.3 is 0 Å². The summed E-state index contributed by atoms with van der Waals surface area (Å²) >= 11 is 0. The summed E-state index contributed by atoms with van der Waals surface area (Å²) in [6, 6.07) is 1.24. The fourth-order valence-electron chi connectivity index (χ4n) is 3.72. The predicted octanol–water partition coefficient (Wildman–Crippen LogP) is 2.29. The van der Waals surface area contributed by atoms with E-state index in [9.17, 15) is 0 Å². The number of unbranched alkanes of at least 4 members (excludes halogenated alkanes) is 1. The van der Waals surface area contributed by atoms with Crippen molar-refractivity contribution in [2.45, 2.75) is 71.4 Å². The highest BCUT2D eigenvalue weighted by atomic mass is 15.2. The van der Waals surface area contributed by atoms with E-state index in [1.54, 1.807) is 0 Å². The Labute approximate surface area is 149 Å². The average molecular weight is 338 g/mol. The van der Waals surface area contributed by atoms with Gasteiger partial charge in [0, 0.05) is 38.3 Å². The van der Waals surface area contributed by atoms with Crippen LogP contribution < -0.4 is 10.6 Å². The first-order valence-electron chi connectivity index (χ1n) is 10.2. The minimum Gasteiger partial charge on any atom is -0.357 e. The third kappa shape index (κ3) is 6.98. The van der Waals surface area contributed by atoms with Gasteiger partial charge in [-0.1, -0.05) is 0 Å². The fourth-order valence-corrected chi connectivity index (χ4v) is 3.72. The first-order chi connectivity index (χ1) is 11.7. The summed E-state index contributed by atoms with van der Waals surface area (Å²) in [6.45, 7) is 14.9. The number of likely N-dealkylation sites (tertiary alicyclic amines) is 2. The number of rotatable bonds is 8. The topological polar surface area (TPSA) is 42.9 Å². The molecule has 0 unspecified atom stereocenters. The Morgan fingerprint density at radius 2 is 1.79 bits per heavy atom. The summed E-state index contributed by atoms with van der Waals surface area (Å²) < 4.78 is 0. The molecule has 0 aliphatic carbocycles. The minimum atomic E-state index is 0.572. The van der Waals surface area contributed by atoms with Crippen LogP contribution >= 0.6 is 0 Å². The van der Waals surface area contributed by atoms with Gasteiger partial charge in [0.15, 0.2) is 5.96 Å². The first kappa shape index (κ1) is 19.5. The van der Waals surface area contributed by atoms with Crippen molar-refractivity contribution in [1.29, 1.82) is 0 Å². The van der Waals surface area contributed by atoms with E-state index < -0.39 is 0 Å². The fraction of sp³-hybridized carbons (Fsp3) is 0.947. The number of piperidine rings is 1. The lowest BCUT2D eigenvalue weighted by Crippen LogP contribution is -2.49. The zero-order valence-corrected chi connectivity index (χ0v) is 16.2. The zero-order valence-electron chi connectivity index (χ0n) is 16.2. The van der Waals surface area contributed by atoms with Gasteiger partial charge in [-0.2, -0.15) is 0 Å². The molecule has 2 aliphatic heterocycles. The van der Waals surface area contributed by atoms with Crippen LogP contribution in [0.5, 0.6) is 0 Å². The van der Waals surface area contributed by atoms with E-state index in [4.69, 9.17) is 4.99 Å². The lowest BCUT2D eigenvalue weighted by Gasteiger charge is -2.35. The summed E-state index contributed by atoms with van der Waals surface area (Å²) in [5.74, 6) is 1.02. The molecule has 2 N–H and O–H groups in total. The summed E-state index contributed by atoms with van der Waals surface area (Å²) in [4.78, 5) is 9.95. The second-order valence-corrected chi connectivity index (χ2v) is 7.56. The lowest BCUT2D eigenvalue weighted by molar-refractivity contribution is 0.167. The summed E-state index contributed by atoms with van der Waals surface area (Å²) in [5, 5.41) is 7.06. The molecule has 5 nitrogen and oxygen atoms in total. The maximum Gasteiger partial charge on any atom is 0.191 e. The van der Waals surface area contributed by atoms with Gasteiger partial charge < -0.3 is 20.4 Å². The third-order valence-electron chi connectivity index (χ3n) is 5.30. The second-order valence-electron chi connectivity index (χ2n) is 7.56. The Balaban J connectivity index is 1.64. The number of nitrogens with one attached hydrogen (secondary N) is 2. The van der Waals surface area contributed by atoms with E-state index in [2.05, 4.69) is 41.2 Å².